The molecular weight excluding hydrogens is 382 g/mol. The molecule has 0 unspecified atom stereocenters. The fraction of sp³-hybridized carbons (Fsp3) is 0.200. The number of thiazole rings is 1. The third kappa shape index (κ3) is 2.61. The Balaban J connectivity index is 1.69. The van der Waals surface area contributed by atoms with E-state index in [1.165, 1.54) is 23.1 Å². The van der Waals surface area contributed by atoms with Gasteiger partial charge in [0.15, 0.2) is 0 Å². The number of carbonyl (C=O) groups excluding carboxylic acids is 1. The van der Waals surface area contributed by atoms with Gasteiger partial charge in [-0.25, -0.2) is 0 Å². The number of benzene rings is 2. The second kappa shape index (κ2) is 6.28. The van der Waals surface area contributed by atoms with Gasteiger partial charge in [0.05, 0.1) is 23.3 Å². The van der Waals surface area contributed by atoms with Crippen molar-refractivity contribution in [1.82, 2.24) is 4.98 Å². The van der Waals surface area contributed by atoms with Crippen LogP contribution in [0, 0.1) is 5.92 Å². The minimum absolute atomic E-state index is 0.0990. The first-order chi connectivity index (χ1) is 13.2. The summed E-state index contributed by atoms with van der Waals surface area (Å²) in [5.41, 5.74) is 1.96. The zero-order valence-corrected chi connectivity index (χ0v) is 15.9. The van der Waals surface area contributed by atoms with Gasteiger partial charge in [-0.3, -0.25) is 9.59 Å². The minimum atomic E-state index is -0.391. The maximum absolute atomic E-state index is 13.0. The summed E-state index contributed by atoms with van der Waals surface area (Å²) in [7, 11) is 1.62. The van der Waals surface area contributed by atoms with Crippen molar-refractivity contribution in [2.75, 3.05) is 7.11 Å². The van der Waals surface area contributed by atoms with Crippen LogP contribution in [0.5, 0.6) is 11.5 Å². The first-order valence-corrected chi connectivity index (χ1v) is 10.2. The number of thioether (sulfide) groups is 1. The number of H-pyrrole nitrogens is 1. The minimum Gasteiger partial charge on any atom is -0.497 e. The van der Waals surface area contributed by atoms with Crippen LogP contribution in [0.15, 0.2) is 58.4 Å². The summed E-state index contributed by atoms with van der Waals surface area (Å²) >= 11 is 2.71. The number of ether oxygens (including phenoxy) is 2. The van der Waals surface area contributed by atoms with Gasteiger partial charge in [-0.15, -0.1) is 0 Å². The number of fused-ring (bicyclic) bond motifs is 5. The Morgan fingerprint density at radius 3 is 2.63 bits per heavy atom. The number of hydrogen-bond donors (Lipinski definition) is 1. The van der Waals surface area contributed by atoms with Crippen LogP contribution < -0.4 is 14.3 Å². The van der Waals surface area contributed by atoms with E-state index in [1.54, 1.807) is 7.11 Å². The molecule has 1 aromatic heterocycles. The fourth-order valence-corrected chi connectivity index (χ4v) is 6.41. The zero-order chi connectivity index (χ0) is 18.5. The summed E-state index contributed by atoms with van der Waals surface area (Å²) in [6.45, 7) is 0. The summed E-state index contributed by atoms with van der Waals surface area (Å²) in [5.74, 6) is 0.513. The highest BCUT2D eigenvalue weighted by molar-refractivity contribution is 7.99. The zero-order valence-electron chi connectivity index (χ0n) is 14.3. The molecule has 5 nitrogen and oxygen atoms in total. The SMILES string of the molecule is COc1ccc([C@H]2Sc3[nH]c(=O)sc3[C@@H]3c4ccccc4OC(=O)[C@@H]32)cc1. The van der Waals surface area contributed by atoms with Gasteiger partial charge in [0.1, 0.15) is 11.5 Å². The summed E-state index contributed by atoms with van der Waals surface area (Å²) in [6.07, 6.45) is 0. The molecule has 2 aromatic carbocycles. The molecule has 1 N–H and O–H groups in total. The number of nitrogens with one attached hydrogen (secondary N) is 1. The highest BCUT2D eigenvalue weighted by atomic mass is 32.2. The number of aromatic amines is 1. The summed E-state index contributed by atoms with van der Waals surface area (Å²) < 4.78 is 10.9. The Bertz CT molecular complexity index is 1090. The van der Waals surface area contributed by atoms with Crippen LogP contribution in [-0.2, 0) is 4.79 Å². The molecule has 27 heavy (non-hydrogen) atoms. The second-order valence-corrected chi connectivity index (χ2v) is 8.65. The van der Waals surface area contributed by atoms with Crippen molar-refractivity contribution in [3.63, 3.8) is 0 Å². The van der Waals surface area contributed by atoms with E-state index in [0.29, 0.717) is 5.75 Å². The molecule has 3 heterocycles. The molecule has 0 spiro atoms. The molecule has 5 rings (SSSR count). The monoisotopic (exact) mass is 397 g/mol. The van der Waals surface area contributed by atoms with Gasteiger partial charge in [-0.1, -0.05) is 53.4 Å². The van der Waals surface area contributed by atoms with E-state index in [1.807, 2.05) is 48.5 Å². The molecular formula is C20H15NO4S2. The van der Waals surface area contributed by atoms with Gasteiger partial charge >= 0.3 is 10.8 Å². The van der Waals surface area contributed by atoms with Crippen molar-refractivity contribution < 1.29 is 14.3 Å². The van der Waals surface area contributed by atoms with E-state index in [-0.39, 0.29) is 22.0 Å². The molecule has 3 atom stereocenters. The summed E-state index contributed by atoms with van der Waals surface area (Å²) in [4.78, 5) is 28.8. The quantitative estimate of drug-likeness (QED) is 0.524. The maximum atomic E-state index is 13.0. The molecule has 0 bridgehead atoms. The van der Waals surface area contributed by atoms with Crippen LogP contribution in [-0.4, -0.2) is 18.1 Å². The van der Waals surface area contributed by atoms with Crippen molar-refractivity contribution in [3.05, 3.63) is 74.2 Å². The van der Waals surface area contributed by atoms with Gasteiger partial charge in [0.25, 0.3) is 0 Å². The van der Waals surface area contributed by atoms with Crippen LogP contribution in [0.4, 0.5) is 0 Å². The molecule has 7 heteroatoms. The molecule has 2 aliphatic rings. The van der Waals surface area contributed by atoms with Crippen LogP contribution >= 0.6 is 23.1 Å². The first kappa shape index (κ1) is 16.6. The van der Waals surface area contributed by atoms with E-state index < -0.39 is 5.92 Å². The van der Waals surface area contributed by atoms with Crippen LogP contribution in [0.1, 0.15) is 27.2 Å². The normalized spacial score (nSPS) is 23.0. The standard InChI is InChI=1S/C20H15NO4S2/c1-24-11-8-6-10(7-9-11)16-15-14(17-18(26-16)21-20(23)27-17)12-4-2-3-5-13(12)25-19(15)22/h2-9,14-16H,1H3,(H,21,23)/t14-,15+,16-/m1/s1. The largest absolute Gasteiger partial charge is 0.497 e. The van der Waals surface area contributed by atoms with Gasteiger partial charge < -0.3 is 14.5 Å². The van der Waals surface area contributed by atoms with E-state index in [9.17, 15) is 9.59 Å². The van der Waals surface area contributed by atoms with Crippen molar-refractivity contribution in [1.29, 1.82) is 0 Å². The highest BCUT2D eigenvalue weighted by Gasteiger charge is 2.49. The molecule has 2 aliphatic heterocycles. The average Bonchev–Trinajstić information content (AvgIpc) is 3.07. The molecule has 0 saturated heterocycles. The van der Waals surface area contributed by atoms with E-state index in [2.05, 4.69) is 4.98 Å². The third-order valence-corrected chi connectivity index (χ3v) is 7.51. The van der Waals surface area contributed by atoms with E-state index >= 15 is 0 Å². The Morgan fingerprint density at radius 2 is 1.85 bits per heavy atom. The van der Waals surface area contributed by atoms with E-state index in [0.717, 1.165) is 26.8 Å². The summed E-state index contributed by atoms with van der Waals surface area (Å²) in [6, 6.07) is 15.3. The number of aromatic nitrogens is 1. The molecule has 0 fully saturated rings. The number of rotatable bonds is 2. The lowest BCUT2D eigenvalue weighted by atomic mass is 9.78. The highest BCUT2D eigenvalue weighted by Crippen LogP contribution is 2.58. The Morgan fingerprint density at radius 1 is 1.07 bits per heavy atom. The van der Waals surface area contributed by atoms with Crippen molar-refractivity contribution in [2.24, 2.45) is 5.92 Å². The van der Waals surface area contributed by atoms with Crippen molar-refractivity contribution in [2.45, 2.75) is 16.2 Å². The number of hydrogen-bond acceptors (Lipinski definition) is 6. The molecule has 0 amide bonds. The van der Waals surface area contributed by atoms with Crippen molar-refractivity contribution in [3.8, 4) is 11.5 Å². The first-order valence-electron chi connectivity index (χ1n) is 8.50. The van der Waals surface area contributed by atoms with Crippen LogP contribution in [0.25, 0.3) is 0 Å². The number of methoxy groups -OCH3 is 1. The molecule has 0 aliphatic carbocycles. The predicted octanol–water partition coefficient (Wildman–Crippen LogP) is 3.96. The van der Waals surface area contributed by atoms with E-state index in [4.69, 9.17) is 9.47 Å². The molecule has 0 radical (unpaired) electrons. The molecule has 3 aromatic rings. The van der Waals surface area contributed by atoms with Crippen molar-refractivity contribution >= 4 is 29.1 Å². The smallest absolute Gasteiger partial charge is 0.316 e. The Kier molecular flexibility index (Phi) is 3.87. The van der Waals surface area contributed by atoms with Gasteiger partial charge in [-0.05, 0) is 23.8 Å². The average molecular weight is 397 g/mol. The number of carbonyl (C=O) groups is 1. The van der Waals surface area contributed by atoms with Crippen LogP contribution in [0.2, 0.25) is 0 Å². The third-order valence-electron chi connectivity index (χ3n) is 5.04. The maximum Gasteiger partial charge on any atom is 0.316 e. The second-order valence-electron chi connectivity index (χ2n) is 6.48. The van der Waals surface area contributed by atoms with Gasteiger partial charge in [0.2, 0.25) is 0 Å². The van der Waals surface area contributed by atoms with Crippen LogP contribution in [0.3, 0.4) is 0 Å². The predicted molar refractivity (Wildman–Crippen MR) is 104 cm³/mol. The molecule has 136 valence electrons. The fourth-order valence-electron chi connectivity index (χ4n) is 3.83. The Labute approximate surface area is 163 Å². The lowest BCUT2D eigenvalue weighted by Crippen LogP contribution is -2.37. The number of esters is 1. The lowest BCUT2D eigenvalue weighted by molar-refractivity contribution is -0.140. The Hall–Kier alpha value is -2.51. The topological polar surface area (TPSA) is 68.4 Å². The number of para-hydroxylation sites is 1. The van der Waals surface area contributed by atoms with Gasteiger partial charge in [-0.2, -0.15) is 0 Å². The summed E-state index contributed by atoms with van der Waals surface area (Å²) in [5, 5.41) is 0.691. The van der Waals surface area contributed by atoms with Gasteiger partial charge in [0, 0.05) is 16.4 Å². The lowest BCUT2D eigenvalue weighted by Gasteiger charge is -2.39. The molecule has 0 saturated carbocycles.